The lowest BCUT2D eigenvalue weighted by Gasteiger charge is -2.14. The summed E-state index contributed by atoms with van der Waals surface area (Å²) in [5.74, 6) is 1.71. The van der Waals surface area contributed by atoms with Crippen LogP contribution in [0.3, 0.4) is 0 Å². The van der Waals surface area contributed by atoms with Crippen molar-refractivity contribution in [1.82, 2.24) is 0 Å². The summed E-state index contributed by atoms with van der Waals surface area (Å²) in [6, 6.07) is 10.0. The Morgan fingerprint density at radius 1 is 1.05 bits per heavy atom. The fourth-order valence-corrected chi connectivity index (χ4v) is 3.60. The van der Waals surface area contributed by atoms with Gasteiger partial charge in [-0.05, 0) is 58.7 Å². The number of hydrogen-bond acceptors (Lipinski definition) is 3. The summed E-state index contributed by atoms with van der Waals surface area (Å²) in [4.78, 5) is 0. The molecule has 2 rings (SSSR count). The lowest BCUT2D eigenvalue weighted by Crippen LogP contribution is -2.03. The molecule has 0 atom stereocenters. The number of benzene rings is 2. The van der Waals surface area contributed by atoms with Gasteiger partial charge in [0.2, 0.25) is 0 Å². The number of nitrogens with one attached hydrogen (secondary N) is 1. The largest absolute Gasteiger partial charge is 0.497 e. The number of hydrogen-bond donors (Lipinski definition) is 1. The van der Waals surface area contributed by atoms with Crippen LogP contribution in [0.5, 0.6) is 11.5 Å². The third kappa shape index (κ3) is 3.92. The van der Waals surface area contributed by atoms with Gasteiger partial charge in [-0.15, -0.1) is 0 Å². The molecule has 0 aromatic heterocycles. The van der Waals surface area contributed by atoms with Crippen LogP contribution < -0.4 is 14.8 Å². The van der Waals surface area contributed by atoms with Crippen LogP contribution in [0.4, 0.5) is 5.69 Å². The summed E-state index contributed by atoms with van der Waals surface area (Å²) >= 11 is 7.02. The second-order valence-corrected chi connectivity index (χ2v) is 6.38. The van der Waals surface area contributed by atoms with Gasteiger partial charge in [0.1, 0.15) is 11.5 Å². The first-order chi connectivity index (χ1) is 10.0. The predicted molar refractivity (Wildman–Crippen MR) is 93.5 cm³/mol. The molecule has 21 heavy (non-hydrogen) atoms. The molecule has 0 aliphatic rings. The summed E-state index contributed by atoms with van der Waals surface area (Å²) in [6.07, 6.45) is 0. The van der Waals surface area contributed by atoms with E-state index in [0.717, 1.165) is 37.3 Å². The lowest BCUT2D eigenvalue weighted by molar-refractivity contribution is 0.407. The van der Waals surface area contributed by atoms with Crippen LogP contribution in [0.15, 0.2) is 39.3 Å². The SMILES string of the molecule is COc1ccc(NCc2cc(Br)cc(Br)c2OC)c(C)c1. The van der Waals surface area contributed by atoms with Crippen LogP contribution in [0, 0.1) is 6.92 Å². The predicted octanol–water partition coefficient (Wildman–Crippen LogP) is 5.15. The third-order valence-electron chi connectivity index (χ3n) is 3.19. The minimum Gasteiger partial charge on any atom is -0.497 e. The van der Waals surface area contributed by atoms with Gasteiger partial charge in [0, 0.05) is 22.3 Å². The van der Waals surface area contributed by atoms with Crippen molar-refractivity contribution in [2.24, 2.45) is 0 Å². The normalized spacial score (nSPS) is 10.3. The van der Waals surface area contributed by atoms with Gasteiger partial charge < -0.3 is 14.8 Å². The number of halogens is 2. The highest BCUT2D eigenvalue weighted by Gasteiger charge is 2.10. The molecule has 0 unspecified atom stereocenters. The molecule has 1 N–H and O–H groups in total. The van der Waals surface area contributed by atoms with Crippen molar-refractivity contribution in [2.75, 3.05) is 19.5 Å². The Balaban J connectivity index is 2.20. The minimum atomic E-state index is 0.675. The quantitative estimate of drug-likeness (QED) is 0.733. The van der Waals surface area contributed by atoms with Crippen molar-refractivity contribution in [3.8, 4) is 11.5 Å². The Bertz CT molecular complexity index is 644. The van der Waals surface area contributed by atoms with Crippen molar-refractivity contribution in [3.63, 3.8) is 0 Å². The molecule has 0 amide bonds. The molecule has 3 nitrogen and oxygen atoms in total. The van der Waals surface area contributed by atoms with E-state index in [1.807, 2.05) is 24.3 Å². The van der Waals surface area contributed by atoms with E-state index in [9.17, 15) is 0 Å². The molecular formula is C16H17Br2NO2. The Morgan fingerprint density at radius 2 is 1.81 bits per heavy atom. The molecule has 0 saturated carbocycles. The summed E-state index contributed by atoms with van der Waals surface area (Å²) in [7, 11) is 3.35. The Labute approximate surface area is 141 Å². The van der Waals surface area contributed by atoms with Gasteiger partial charge in [0.05, 0.1) is 18.7 Å². The first-order valence-electron chi connectivity index (χ1n) is 6.45. The maximum atomic E-state index is 5.46. The van der Waals surface area contributed by atoms with Gasteiger partial charge in [-0.25, -0.2) is 0 Å². The maximum Gasteiger partial charge on any atom is 0.138 e. The van der Waals surface area contributed by atoms with Crippen molar-refractivity contribution >= 4 is 37.5 Å². The van der Waals surface area contributed by atoms with Gasteiger partial charge in [-0.3, -0.25) is 0 Å². The molecule has 2 aromatic rings. The monoisotopic (exact) mass is 413 g/mol. The number of ether oxygens (including phenoxy) is 2. The van der Waals surface area contributed by atoms with E-state index in [2.05, 4.69) is 50.2 Å². The number of rotatable bonds is 5. The zero-order valence-corrected chi connectivity index (χ0v) is 15.3. The molecular weight excluding hydrogens is 398 g/mol. The van der Waals surface area contributed by atoms with E-state index in [1.54, 1.807) is 14.2 Å². The highest BCUT2D eigenvalue weighted by atomic mass is 79.9. The molecule has 0 aliphatic carbocycles. The summed E-state index contributed by atoms with van der Waals surface area (Å²) in [6.45, 7) is 2.73. The van der Waals surface area contributed by atoms with E-state index in [0.29, 0.717) is 6.54 Å². The zero-order valence-electron chi connectivity index (χ0n) is 12.2. The number of methoxy groups -OCH3 is 2. The van der Waals surface area contributed by atoms with Gasteiger partial charge in [0.25, 0.3) is 0 Å². The van der Waals surface area contributed by atoms with E-state index in [-0.39, 0.29) is 0 Å². The zero-order chi connectivity index (χ0) is 15.4. The minimum absolute atomic E-state index is 0.675. The Hall–Kier alpha value is -1.20. The van der Waals surface area contributed by atoms with Gasteiger partial charge >= 0.3 is 0 Å². The van der Waals surface area contributed by atoms with E-state index < -0.39 is 0 Å². The highest BCUT2D eigenvalue weighted by molar-refractivity contribution is 9.11. The Kier molecular flexibility index (Phi) is 5.53. The van der Waals surface area contributed by atoms with Gasteiger partial charge in [-0.2, -0.15) is 0 Å². The summed E-state index contributed by atoms with van der Waals surface area (Å²) < 4.78 is 12.6. The maximum absolute atomic E-state index is 5.46. The van der Waals surface area contributed by atoms with Crippen LogP contribution in [0.25, 0.3) is 0 Å². The topological polar surface area (TPSA) is 30.5 Å². The average molecular weight is 415 g/mol. The number of aryl methyl sites for hydroxylation is 1. The van der Waals surface area contributed by atoms with E-state index >= 15 is 0 Å². The van der Waals surface area contributed by atoms with Crippen molar-refractivity contribution < 1.29 is 9.47 Å². The smallest absolute Gasteiger partial charge is 0.138 e. The molecule has 0 saturated heterocycles. The van der Waals surface area contributed by atoms with Crippen LogP contribution in [-0.4, -0.2) is 14.2 Å². The molecule has 0 aliphatic heterocycles. The molecule has 112 valence electrons. The fraction of sp³-hybridized carbons (Fsp3) is 0.250. The fourth-order valence-electron chi connectivity index (χ4n) is 2.13. The second kappa shape index (κ2) is 7.18. The van der Waals surface area contributed by atoms with Crippen molar-refractivity contribution in [1.29, 1.82) is 0 Å². The average Bonchev–Trinajstić information content (AvgIpc) is 2.45. The van der Waals surface area contributed by atoms with E-state index in [4.69, 9.17) is 9.47 Å². The number of anilines is 1. The van der Waals surface area contributed by atoms with Crippen molar-refractivity contribution in [3.05, 3.63) is 50.4 Å². The molecule has 0 fully saturated rings. The van der Waals surface area contributed by atoms with Gasteiger partial charge in [0.15, 0.2) is 0 Å². The van der Waals surface area contributed by atoms with Crippen LogP contribution >= 0.6 is 31.9 Å². The van der Waals surface area contributed by atoms with Crippen molar-refractivity contribution in [2.45, 2.75) is 13.5 Å². The summed E-state index contributed by atoms with van der Waals surface area (Å²) in [5.41, 5.74) is 3.30. The third-order valence-corrected chi connectivity index (χ3v) is 4.24. The molecule has 2 aromatic carbocycles. The molecule has 0 bridgehead atoms. The first kappa shape index (κ1) is 16.2. The summed E-state index contributed by atoms with van der Waals surface area (Å²) in [5, 5.41) is 3.43. The standard InChI is InChI=1S/C16H17Br2NO2/c1-10-6-13(20-2)4-5-15(10)19-9-11-7-12(17)8-14(18)16(11)21-3/h4-8,19H,9H2,1-3H3. The van der Waals surface area contributed by atoms with E-state index in [1.165, 1.54) is 0 Å². The molecule has 0 heterocycles. The van der Waals surface area contributed by atoms with Gasteiger partial charge in [-0.1, -0.05) is 15.9 Å². The van der Waals surface area contributed by atoms with Crippen LogP contribution in [0.2, 0.25) is 0 Å². The lowest BCUT2D eigenvalue weighted by atomic mass is 10.1. The molecule has 5 heteroatoms. The Morgan fingerprint density at radius 3 is 2.43 bits per heavy atom. The molecule has 0 radical (unpaired) electrons. The first-order valence-corrected chi connectivity index (χ1v) is 8.04. The highest BCUT2D eigenvalue weighted by Crippen LogP contribution is 2.33. The molecule has 0 spiro atoms. The van der Waals surface area contributed by atoms with Crippen LogP contribution in [-0.2, 0) is 6.54 Å². The van der Waals surface area contributed by atoms with Crippen LogP contribution in [0.1, 0.15) is 11.1 Å². The second-order valence-electron chi connectivity index (χ2n) is 4.61.